The Balaban J connectivity index is 2.11. The van der Waals surface area contributed by atoms with Crippen molar-refractivity contribution in [1.82, 2.24) is 14.9 Å². The molecule has 19 heavy (non-hydrogen) atoms. The Hall–Kier alpha value is -1.46. The van der Waals surface area contributed by atoms with E-state index in [-0.39, 0.29) is 11.9 Å². The summed E-state index contributed by atoms with van der Waals surface area (Å²) in [6, 6.07) is 7.34. The van der Waals surface area contributed by atoms with Crippen molar-refractivity contribution in [2.45, 2.75) is 26.3 Å². The van der Waals surface area contributed by atoms with E-state index in [0.29, 0.717) is 16.3 Å². The molecule has 4 nitrogen and oxygen atoms in total. The molecule has 0 spiro atoms. The van der Waals surface area contributed by atoms with Crippen molar-refractivity contribution in [1.29, 1.82) is 0 Å². The van der Waals surface area contributed by atoms with Gasteiger partial charge in [-0.1, -0.05) is 35.1 Å². The summed E-state index contributed by atoms with van der Waals surface area (Å²) in [5.41, 5.74) is 1.71. The maximum absolute atomic E-state index is 12.1. The fraction of sp³-hybridized carbons (Fsp3) is 0.308. The van der Waals surface area contributed by atoms with Crippen LogP contribution in [0.4, 0.5) is 0 Å². The maximum atomic E-state index is 12.1. The van der Waals surface area contributed by atoms with Crippen LogP contribution in [0.5, 0.6) is 0 Å². The number of aryl methyl sites for hydroxylation is 1. The van der Waals surface area contributed by atoms with Crippen molar-refractivity contribution in [2.24, 2.45) is 0 Å². The lowest BCUT2D eigenvalue weighted by atomic mass is 10.1. The summed E-state index contributed by atoms with van der Waals surface area (Å²) in [5.74, 6) is -0.140. The largest absolute Gasteiger partial charge is 0.345 e. The first kappa shape index (κ1) is 14.0. The summed E-state index contributed by atoms with van der Waals surface area (Å²) < 4.78 is 3.82. The number of carbonyl (C=O) groups excluding carboxylic acids is 1. The van der Waals surface area contributed by atoms with Gasteiger partial charge in [0.2, 0.25) is 0 Å². The number of halogens is 1. The first-order valence-corrected chi connectivity index (χ1v) is 7.14. The Morgan fingerprint density at radius 3 is 3.00 bits per heavy atom. The van der Waals surface area contributed by atoms with E-state index >= 15 is 0 Å². The van der Waals surface area contributed by atoms with Crippen LogP contribution in [0.1, 0.15) is 40.8 Å². The van der Waals surface area contributed by atoms with E-state index in [1.807, 2.05) is 38.1 Å². The number of hydrogen-bond donors (Lipinski definition) is 1. The molecule has 0 bridgehead atoms. The summed E-state index contributed by atoms with van der Waals surface area (Å²) in [5, 5.41) is 7.53. The van der Waals surface area contributed by atoms with Crippen LogP contribution in [0.2, 0.25) is 5.02 Å². The average Bonchev–Trinajstić information content (AvgIpc) is 2.87. The minimum absolute atomic E-state index is 0.113. The van der Waals surface area contributed by atoms with Gasteiger partial charge in [-0.2, -0.15) is 0 Å². The zero-order chi connectivity index (χ0) is 13.8. The topological polar surface area (TPSA) is 54.9 Å². The van der Waals surface area contributed by atoms with Gasteiger partial charge in [0.1, 0.15) is 4.88 Å². The molecule has 0 saturated carbocycles. The predicted molar refractivity (Wildman–Crippen MR) is 76.6 cm³/mol. The highest BCUT2D eigenvalue weighted by molar-refractivity contribution is 7.08. The highest BCUT2D eigenvalue weighted by atomic mass is 35.5. The second-order valence-corrected chi connectivity index (χ2v) is 5.34. The van der Waals surface area contributed by atoms with Crippen molar-refractivity contribution >= 4 is 29.0 Å². The summed E-state index contributed by atoms with van der Waals surface area (Å²) in [6.45, 7) is 3.87. The van der Waals surface area contributed by atoms with Gasteiger partial charge in [-0.3, -0.25) is 4.79 Å². The first-order chi connectivity index (χ1) is 9.11. The zero-order valence-corrected chi connectivity index (χ0v) is 12.3. The van der Waals surface area contributed by atoms with Gasteiger partial charge in [0.05, 0.1) is 11.7 Å². The third-order valence-corrected chi connectivity index (χ3v) is 3.80. The van der Waals surface area contributed by atoms with Gasteiger partial charge in [-0.15, -0.1) is 5.10 Å². The van der Waals surface area contributed by atoms with E-state index in [9.17, 15) is 4.79 Å². The molecule has 0 radical (unpaired) electrons. The summed E-state index contributed by atoms with van der Waals surface area (Å²) in [6.07, 6.45) is 0.699. The van der Waals surface area contributed by atoms with Gasteiger partial charge in [-0.05, 0) is 42.6 Å². The fourth-order valence-corrected chi connectivity index (χ4v) is 2.59. The molecule has 1 aromatic heterocycles. The third kappa shape index (κ3) is 3.30. The average molecular weight is 296 g/mol. The van der Waals surface area contributed by atoms with Gasteiger partial charge >= 0.3 is 0 Å². The van der Waals surface area contributed by atoms with Gasteiger partial charge < -0.3 is 5.32 Å². The number of carbonyl (C=O) groups is 1. The number of rotatable bonds is 4. The lowest BCUT2D eigenvalue weighted by Gasteiger charge is -2.14. The van der Waals surface area contributed by atoms with Crippen molar-refractivity contribution in [2.75, 3.05) is 0 Å². The van der Waals surface area contributed by atoms with Gasteiger partial charge in [0, 0.05) is 5.02 Å². The smallest absolute Gasteiger partial charge is 0.265 e. The summed E-state index contributed by atoms with van der Waals surface area (Å²) in [4.78, 5) is 12.7. The molecule has 2 rings (SSSR count). The molecule has 1 amide bonds. The van der Waals surface area contributed by atoms with Crippen LogP contribution < -0.4 is 5.32 Å². The Morgan fingerprint density at radius 1 is 1.53 bits per heavy atom. The Kier molecular flexibility index (Phi) is 4.50. The molecule has 0 aliphatic carbocycles. The molecule has 0 saturated heterocycles. The minimum Gasteiger partial charge on any atom is -0.345 e. The minimum atomic E-state index is -0.140. The van der Waals surface area contributed by atoms with E-state index in [0.717, 1.165) is 22.8 Å². The van der Waals surface area contributed by atoms with Crippen LogP contribution in [0.15, 0.2) is 24.3 Å². The maximum Gasteiger partial charge on any atom is 0.265 e. The number of nitrogens with one attached hydrogen (secondary N) is 1. The predicted octanol–water partition coefficient (Wildman–Crippen LogP) is 3.24. The van der Waals surface area contributed by atoms with E-state index in [2.05, 4.69) is 14.9 Å². The molecule has 0 aliphatic heterocycles. The van der Waals surface area contributed by atoms with Gasteiger partial charge in [0.25, 0.3) is 5.91 Å². The van der Waals surface area contributed by atoms with Crippen LogP contribution in [-0.2, 0) is 6.42 Å². The molecule has 6 heteroatoms. The number of amides is 1. The molecule has 1 N–H and O–H groups in total. The molecule has 1 aromatic carbocycles. The summed E-state index contributed by atoms with van der Waals surface area (Å²) in [7, 11) is 0. The van der Waals surface area contributed by atoms with Crippen LogP contribution >= 0.6 is 23.1 Å². The lowest BCUT2D eigenvalue weighted by molar-refractivity contribution is 0.0943. The third-order valence-electron chi connectivity index (χ3n) is 2.79. The van der Waals surface area contributed by atoms with Gasteiger partial charge in [0.15, 0.2) is 0 Å². The van der Waals surface area contributed by atoms with Crippen molar-refractivity contribution in [3.8, 4) is 0 Å². The number of hydrogen-bond acceptors (Lipinski definition) is 4. The quantitative estimate of drug-likeness (QED) is 0.942. The second kappa shape index (κ2) is 6.12. The van der Waals surface area contributed by atoms with E-state index < -0.39 is 0 Å². The standard InChI is InChI=1S/C13H14ClN3OS/c1-3-11-12(19-17-16-11)13(18)15-8(2)9-5-4-6-10(14)7-9/h4-8H,3H2,1-2H3,(H,15,18)/t8-/m0/s1. The molecule has 0 fully saturated rings. The Morgan fingerprint density at radius 2 is 2.32 bits per heavy atom. The molecule has 2 aromatic rings. The van der Waals surface area contributed by atoms with E-state index in [1.165, 1.54) is 0 Å². The van der Waals surface area contributed by atoms with E-state index in [4.69, 9.17) is 11.6 Å². The molecule has 1 heterocycles. The Bertz CT molecular complexity index is 585. The number of benzene rings is 1. The molecule has 0 unspecified atom stereocenters. The molecular weight excluding hydrogens is 282 g/mol. The molecule has 1 atom stereocenters. The number of aromatic nitrogens is 2. The molecule has 100 valence electrons. The second-order valence-electron chi connectivity index (χ2n) is 4.15. The van der Waals surface area contributed by atoms with Crippen LogP contribution in [0.3, 0.4) is 0 Å². The summed E-state index contributed by atoms with van der Waals surface area (Å²) >= 11 is 7.07. The highest BCUT2D eigenvalue weighted by Crippen LogP contribution is 2.19. The zero-order valence-electron chi connectivity index (χ0n) is 10.7. The SMILES string of the molecule is CCc1nnsc1C(=O)N[C@@H](C)c1cccc(Cl)c1. The van der Waals surface area contributed by atoms with Crippen LogP contribution in [-0.4, -0.2) is 15.5 Å². The van der Waals surface area contributed by atoms with Crippen LogP contribution in [0.25, 0.3) is 0 Å². The van der Waals surface area contributed by atoms with Crippen molar-refractivity contribution < 1.29 is 4.79 Å². The fourth-order valence-electron chi connectivity index (χ4n) is 1.73. The Labute approximate surface area is 121 Å². The first-order valence-electron chi connectivity index (χ1n) is 5.99. The van der Waals surface area contributed by atoms with Crippen molar-refractivity contribution in [3.63, 3.8) is 0 Å². The van der Waals surface area contributed by atoms with Crippen LogP contribution in [0, 0.1) is 0 Å². The lowest BCUT2D eigenvalue weighted by Crippen LogP contribution is -2.26. The van der Waals surface area contributed by atoms with Gasteiger partial charge in [-0.25, -0.2) is 0 Å². The molecule has 0 aliphatic rings. The normalized spacial score (nSPS) is 12.2. The molecular formula is C13H14ClN3OS. The van der Waals surface area contributed by atoms with E-state index in [1.54, 1.807) is 0 Å². The monoisotopic (exact) mass is 295 g/mol. The van der Waals surface area contributed by atoms with Crippen molar-refractivity contribution in [3.05, 3.63) is 45.4 Å². The highest BCUT2D eigenvalue weighted by Gasteiger charge is 2.17. The number of nitrogens with zero attached hydrogens (tertiary/aromatic N) is 2.